The maximum absolute atomic E-state index is 12.9. The number of rotatable bonds is 9. The molecule has 0 aliphatic rings. The van der Waals surface area contributed by atoms with E-state index in [4.69, 9.17) is 8.94 Å². The van der Waals surface area contributed by atoms with Gasteiger partial charge < -0.3 is 13.8 Å². The number of carbonyl (C=O) groups is 1. The molecule has 0 unspecified atom stereocenters. The topological polar surface area (TPSA) is 72.4 Å². The van der Waals surface area contributed by atoms with Gasteiger partial charge in [0.05, 0.1) is 18.4 Å². The summed E-state index contributed by atoms with van der Waals surface area (Å²) in [6.45, 7) is 0.628. The van der Waals surface area contributed by atoms with Crippen molar-refractivity contribution in [3.05, 3.63) is 95.8 Å². The Hall–Kier alpha value is -3.88. The van der Waals surface area contributed by atoms with Crippen LogP contribution in [0, 0.1) is 0 Å². The van der Waals surface area contributed by atoms with Crippen LogP contribution in [0.5, 0.6) is 0 Å². The number of halogens is 3. The van der Waals surface area contributed by atoms with Gasteiger partial charge in [0.1, 0.15) is 5.76 Å². The number of hydrogen-bond acceptors (Lipinski definition) is 5. The molecule has 176 valence electrons. The van der Waals surface area contributed by atoms with Crippen molar-refractivity contribution in [3.63, 3.8) is 0 Å². The van der Waals surface area contributed by atoms with E-state index in [2.05, 4.69) is 10.1 Å². The molecule has 0 radical (unpaired) electrons. The van der Waals surface area contributed by atoms with Crippen LogP contribution in [0.15, 0.2) is 81.9 Å². The number of amides is 1. The van der Waals surface area contributed by atoms with E-state index < -0.39 is 11.7 Å². The van der Waals surface area contributed by atoms with E-state index in [-0.39, 0.29) is 17.6 Å². The monoisotopic (exact) mass is 469 g/mol. The maximum Gasteiger partial charge on any atom is 0.416 e. The quantitative estimate of drug-likeness (QED) is 0.321. The van der Waals surface area contributed by atoms with Crippen LogP contribution in [0.4, 0.5) is 13.2 Å². The Balaban J connectivity index is 1.40. The molecule has 0 atom stereocenters. The van der Waals surface area contributed by atoms with Gasteiger partial charge in [-0.3, -0.25) is 4.79 Å². The third-order valence-corrected chi connectivity index (χ3v) is 5.28. The van der Waals surface area contributed by atoms with Crippen LogP contribution < -0.4 is 0 Å². The van der Waals surface area contributed by atoms with Crippen LogP contribution in [0.25, 0.3) is 11.4 Å². The minimum Gasteiger partial charge on any atom is -0.467 e. The van der Waals surface area contributed by atoms with Crippen molar-refractivity contribution in [1.29, 1.82) is 0 Å². The second-order valence-electron chi connectivity index (χ2n) is 7.72. The second kappa shape index (κ2) is 10.4. The van der Waals surface area contributed by atoms with Crippen molar-refractivity contribution in [2.45, 2.75) is 32.0 Å². The van der Waals surface area contributed by atoms with E-state index in [1.165, 1.54) is 12.1 Å². The summed E-state index contributed by atoms with van der Waals surface area (Å²) in [4.78, 5) is 18.9. The fraction of sp³-hybridized carbons (Fsp3) is 0.240. The summed E-state index contributed by atoms with van der Waals surface area (Å²) >= 11 is 0. The van der Waals surface area contributed by atoms with Gasteiger partial charge in [0.25, 0.3) is 0 Å². The standard InChI is InChI=1S/C25H22F3N3O3/c26-25(27,28)20-11-9-19(10-12-20)24-29-22(34-30-24)14-15-31(17-21-7-4-16-33-21)23(32)13-8-18-5-2-1-3-6-18/h1-7,9-12,16H,8,13-15,17H2. The van der Waals surface area contributed by atoms with Gasteiger partial charge in [-0.25, -0.2) is 0 Å². The number of carbonyl (C=O) groups excluding carboxylic acids is 1. The normalized spacial score (nSPS) is 11.5. The number of hydrogen-bond donors (Lipinski definition) is 0. The van der Waals surface area contributed by atoms with Crippen LogP contribution >= 0.6 is 0 Å². The van der Waals surface area contributed by atoms with E-state index in [0.29, 0.717) is 43.7 Å². The molecular formula is C25H22F3N3O3. The van der Waals surface area contributed by atoms with E-state index in [1.807, 2.05) is 30.3 Å². The summed E-state index contributed by atoms with van der Waals surface area (Å²) in [5.74, 6) is 1.10. The SMILES string of the molecule is O=C(CCc1ccccc1)N(CCc1nc(-c2ccc(C(F)(F)F)cc2)no1)Cc1ccco1. The second-order valence-corrected chi connectivity index (χ2v) is 7.72. The Bertz CT molecular complexity index is 1190. The lowest BCUT2D eigenvalue weighted by Crippen LogP contribution is -2.32. The molecule has 2 heterocycles. The number of aromatic nitrogens is 2. The molecule has 0 fully saturated rings. The Morgan fingerprint density at radius 2 is 1.71 bits per heavy atom. The van der Waals surface area contributed by atoms with Gasteiger partial charge in [0.15, 0.2) is 0 Å². The minimum atomic E-state index is -4.41. The predicted molar refractivity (Wildman–Crippen MR) is 117 cm³/mol. The first-order valence-electron chi connectivity index (χ1n) is 10.7. The Labute approximate surface area is 194 Å². The van der Waals surface area contributed by atoms with Gasteiger partial charge in [-0.05, 0) is 36.2 Å². The molecule has 4 aromatic rings. The smallest absolute Gasteiger partial charge is 0.416 e. The highest BCUT2D eigenvalue weighted by Crippen LogP contribution is 2.30. The first kappa shape index (κ1) is 23.3. The van der Waals surface area contributed by atoms with Crippen molar-refractivity contribution >= 4 is 5.91 Å². The van der Waals surface area contributed by atoms with Gasteiger partial charge in [-0.1, -0.05) is 47.6 Å². The largest absolute Gasteiger partial charge is 0.467 e. The zero-order valence-electron chi connectivity index (χ0n) is 18.2. The van der Waals surface area contributed by atoms with Crippen LogP contribution in [-0.2, 0) is 30.4 Å². The molecular weight excluding hydrogens is 447 g/mol. The molecule has 0 bridgehead atoms. The number of alkyl halides is 3. The zero-order chi connectivity index (χ0) is 24.0. The number of aryl methyl sites for hydroxylation is 1. The summed E-state index contributed by atoms with van der Waals surface area (Å²) in [6, 6.07) is 17.9. The molecule has 6 nitrogen and oxygen atoms in total. The molecule has 0 aliphatic carbocycles. The van der Waals surface area contributed by atoms with Crippen molar-refractivity contribution < 1.29 is 26.9 Å². The average Bonchev–Trinajstić information content (AvgIpc) is 3.53. The minimum absolute atomic E-state index is 0.0391. The third kappa shape index (κ3) is 6.12. The number of benzene rings is 2. The third-order valence-electron chi connectivity index (χ3n) is 5.28. The molecule has 0 N–H and O–H groups in total. The predicted octanol–water partition coefficient (Wildman–Crippen LogP) is 5.55. The van der Waals surface area contributed by atoms with Gasteiger partial charge >= 0.3 is 6.18 Å². The molecule has 9 heteroatoms. The Morgan fingerprint density at radius 1 is 0.941 bits per heavy atom. The Kier molecular flexibility index (Phi) is 7.10. The molecule has 1 amide bonds. The molecule has 0 saturated heterocycles. The summed E-state index contributed by atoms with van der Waals surface area (Å²) in [5.41, 5.74) is 0.740. The molecule has 34 heavy (non-hydrogen) atoms. The molecule has 0 saturated carbocycles. The fourth-order valence-corrected chi connectivity index (χ4v) is 3.45. The molecule has 0 aliphatic heterocycles. The lowest BCUT2D eigenvalue weighted by Gasteiger charge is -2.21. The first-order valence-corrected chi connectivity index (χ1v) is 10.7. The molecule has 2 aromatic heterocycles. The summed E-state index contributed by atoms with van der Waals surface area (Å²) in [7, 11) is 0. The van der Waals surface area contributed by atoms with Gasteiger partial charge in [0.2, 0.25) is 17.6 Å². The van der Waals surface area contributed by atoms with Crippen molar-refractivity contribution in [2.24, 2.45) is 0 Å². The van der Waals surface area contributed by atoms with E-state index in [9.17, 15) is 18.0 Å². The first-order chi connectivity index (χ1) is 16.4. The molecule has 4 rings (SSSR count). The van der Waals surface area contributed by atoms with Crippen molar-refractivity contribution in [3.8, 4) is 11.4 Å². The number of furan rings is 1. The van der Waals surface area contributed by atoms with Gasteiger partial charge in [-0.2, -0.15) is 18.2 Å². The van der Waals surface area contributed by atoms with Crippen LogP contribution in [0.1, 0.15) is 29.2 Å². The molecule has 0 spiro atoms. The van der Waals surface area contributed by atoms with Gasteiger partial charge in [0, 0.05) is 24.9 Å². The van der Waals surface area contributed by atoms with Crippen molar-refractivity contribution in [1.82, 2.24) is 15.0 Å². The highest BCUT2D eigenvalue weighted by Gasteiger charge is 2.30. The Morgan fingerprint density at radius 3 is 2.38 bits per heavy atom. The van der Waals surface area contributed by atoms with E-state index in [1.54, 1.807) is 23.3 Å². The van der Waals surface area contributed by atoms with Crippen LogP contribution in [-0.4, -0.2) is 27.5 Å². The fourth-order valence-electron chi connectivity index (χ4n) is 3.45. The summed E-state index contributed by atoms with van der Waals surface area (Å²) in [6.07, 6.45) is -1.61. The summed E-state index contributed by atoms with van der Waals surface area (Å²) < 4.78 is 49.0. The van der Waals surface area contributed by atoms with Crippen LogP contribution in [0.2, 0.25) is 0 Å². The maximum atomic E-state index is 12.9. The van der Waals surface area contributed by atoms with E-state index >= 15 is 0 Å². The lowest BCUT2D eigenvalue weighted by molar-refractivity contribution is -0.137. The van der Waals surface area contributed by atoms with Crippen molar-refractivity contribution in [2.75, 3.05) is 6.54 Å². The number of nitrogens with zero attached hydrogens (tertiary/aromatic N) is 3. The lowest BCUT2D eigenvalue weighted by atomic mass is 10.1. The zero-order valence-corrected chi connectivity index (χ0v) is 18.2. The highest BCUT2D eigenvalue weighted by atomic mass is 19.4. The van der Waals surface area contributed by atoms with Crippen LogP contribution in [0.3, 0.4) is 0 Å². The van der Waals surface area contributed by atoms with Gasteiger partial charge in [-0.15, -0.1) is 0 Å². The summed E-state index contributed by atoms with van der Waals surface area (Å²) in [5, 5.41) is 3.86. The van der Waals surface area contributed by atoms with E-state index in [0.717, 1.165) is 17.7 Å². The molecule has 2 aromatic carbocycles. The highest BCUT2D eigenvalue weighted by molar-refractivity contribution is 5.76. The average molecular weight is 469 g/mol.